The second-order valence-electron chi connectivity index (χ2n) is 5.17. The van der Waals surface area contributed by atoms with Crippen LogP contribution in [0.2, 0.25) is 0 Å². The quantitative estimate of drug-likeness (QED) is 0.564. The summed E-state index contributed by atoms with van der Waals surface area (Å²) in [4.78, 5) is 16.4. The van der Waals surface area contributed by atoms with Gasteiger partial charge < -0.3 is 9.80 Å². The minimum absolute atomic E-state index is 0.0832. The van der Waals surface area contributed by atoms with Gasteiger partial charge in [0.2, 0.25) is 5.78 Å². The normalized spacial score (nSPS) is 15.8. The number of aryl methyl sites for hydroxylation is 2. The second kappa shape index (κ2) is 5.90. The molecule has 0 saturated carbocycles. The topological polar surface area (TPSA) is 23.6 Å². The first-order chi connectivity index (χ1) is 9.06. The van der Waals surface area contributed by atoms with Crippen molar-refractivity contribution in [2.45, 2.75) is 13.8 Å². The number of carbonyl (C=O) groups is 1. The van der Waals surface area contributed by atoms with Gasteiger partial charge in [0.15, 0.2) is 0 Å². The molecule has 100 valence electrons. The Morgan fingerprint density at radius 1 is 1.16 bits per heavy atom. The lowest BCUT2D eigenvalue weighted by Crippen LogP contribution is -2.42. The highest BCUT2D eigenvalue weighted by Gasteiger charge is 2.11. The van der Waals surface area contributed by atoms with Gasteiger partial charge >= 0.3 is 0 Å². The molecule has 1 fully saturated rings. The highest BCUT2D eigenvalue weighted by Crippen LogP contribution is 2.11. The molecule has 0 bridgehead atoms. The van der Waals surface area contributed by atoms with E-state index in [1.165, 1.54) is 0 Å². The molecule has 3 heteroatoms. The first kappa shape index (κ1) is 13.6. The molecule has 0 atom stereocenters. The predicted molar refractivity (Wildman–Crippen MR) is 77.1 cm³/mol. The van der Waals surface area contributed by atoms with E-state index in [2.05, 4.69) is 23.9 Å². The Balaban J connectivity index is 2.07. The number of ketones is 1. The van der Waals surface area contributed by atoms with Gasteiger partial charge in [-0.25, -0.2) is 0 Å². The van der Waals surface area contributed by atoms with Crippen LogP contribution in [0.5, 0.6) is 0 Å². The molecule has 3 nitrogen and oxygen atoms in total. The predicted octanol–water partition coefficient (Wildman–Crippen LogP) is 1.69. The molecule has 0 aromatic heterocycles. The number of nitrogens with zero attached hydrogens (tertiary/aromatic N) is 2. The van der Waals surface area contributed by atoms with Crippen LogP contribution in [0, 0.1) is 25.8 Å². The van der Waals surface area contributed by atoms with E-state index < -0.39 is 0 Å². The Kier molecular flexibility index (Phi) is 4.24. The molecular formula is C16H20N2O. The number of hydrogen-bond donors (Lipinski definition) is 0. The average molecular weight is 256 g/mol. The van der Waals surface area contributed by atoms with Crippen molar-refractivity contribution in [3.63, 3.8) is 0 Å². The van der Waals surface area contributed by atoms with Crippen LogP contribution in [-0.4, -0.2) is 48.8 Å². The zero-order valence-corrected chi connectivity index (χ0v) is 11.9. The van der Waals surface area contributed by atoms with Crippen LogP contribution >= 0.6 is 0 Å². The van der Waals surface area contributed by atoms with E-state index in [4.69, 9.17) is 0 Å². The summed E-state index contributed by atoms with van der Waals surface area (Å²) >= 11 is 0. The summed E-state index contributed by atoms with van der Waals surface area (Å²) in [5.41, 5.74) is 2.81. The molecule has 19 heavy (non-hydrogen) atoms. The maximum Gasteiger partial charge on any atom is 0.237 e. The Morgan fingerprint density at radius 2 is 1.84 bits per heavy atom. The molecule has 0 amide bonds. The summed E-state index contributed by atoms with van der Waals surface area (Å²) in [6.45, 7) is 7.76. The van der Waals surface area contributed by atoms with Crippen molar-refractivity contribution in [1.29, 1.82) is 0 Å². The monoisotopic (exact) mass is 256 g/mol. The van der Waals surface area contributed by atoms with Crippen molar-refractivity contribution < 1.29 is 4.79 Å². The maximum absolute atomic E-state index is 12.1. The summed E-state index contributed by atoms with van der Waals surface area (Å²) < 4.78 is 0. The SMILES string of the molecule is Cc1ccc(C)c(C(=O)C#CN2CCN(C)CC2)c1. The van der Waals surface area contributed by atoms with Gasteiger partial charge in [-0.05, 0) is 38.4 Å². The lowest BCUT2D eigenvalue weighted by Gasteiger charge is -2.29. The van der Waals surface area contributed by atoms with Crippen molar-refractivity contribution in [2.24, 2.45) is 0 Å². The highest BCUT2D eigenvalue weighted by atomic mass is 16.1. The van der Waals surface area contributed by atoms with Crippen LogP contribution in [0.3, 0.4) is 0 Å². The van der Waals surface area contributed by atoms with Crippen LogP contribution in [0.15, 0.2) is 18.2 Å². The molecular weight excluding hydrogens is 236 g/mol. The van der Waals surface area contributed by atoms with Crippen molar-refractivity contribution >= 4 is 5.78 Å². The van der Waals surface area contributed by atoms with Crippen LogP contribution in [-0.2, 0) is 0 Å². The molecule has 2 rings (SSSR count). The first-order valence-electron chi connectivity index (χ1n) is 6.63. The summed E-state index contributed by atoms with van der Waals surface area (Å²) in [6.07, 6.45) is 0. The van der Waals surface area contributed by atoms with Crippen molar-refractivity contribution in [3.8, 4) is 12.0 Å². The van der Waals surface area contributed by atoms with Crippen LogP contribution in [0.25, 0.3) is 0 Å². The van der Waals surface area contributed by atoms with Gasteiger partial charge in [-0.1, -0.05) is 17.7 Å². The van der Waals surface area contributed by atoms with E-state index in [9.17, 15) is 4.79 Å². The smallest absolute Gasteiger partial charge is 0.237 e. The number of likely N-dealkylation sites (N-methyl/N-ethyl adjacent to an activating group) is 1. The Hall–Kier alpha value is -1.79. The van der Waals surface area contributed by atoms with Gasteiger partial charge in [0.1, 0.15) is 0 Å². The highest BCUT2D eigenvalue weighted by molar-refractivity contribution is 6.09. The van der Waals surface area contributed by atoms with E-state index in [1.54, 1.807) is 0 Å². The van der Waals surface area contributed by atoms with Gasteiger partial charge in [-0.15, -0.1) is 0 Å². The molecule has 1 heterocycles. The van der Waals surface area contributed by atoms with E-state index in [0.717, 1.165) is 42.9 Å². The number of Topliss-reactive ketones (excluding diaryl/α,β-unsaturated/α-hetero) is 1. The van der Waals surface area contributed by atoms with E-state index in [-0.39, 0.29) is 5.78 Å². The van der Waals surface area contributed by atoms with Gasteiger partial charge in [0.05, 0.1) is 0 Å². The van der Waals surface area contributed by atoms with Crippen molar-refractivity contribution in [3.05, 3.63) is 34.9 Å². The molecule has 1 aromatic rings. The molecule has 1 aliphatic rings. The third kappa shape index (κ3) is 3.59. The van der Waals surface area contributed by atoms with E-state index in [0.29, 0.717) is 0 Å². The van der Waals surface area contributed by atoms with Crippen molar-refractivity contribution in [1.82, 2.24) is 9.80 Å². The molecule has 1 saturated heterocycles. The fourth-order valence-electron chi connectivity index (χ4n) is 2.10. The van der Waals surface area contributed by atoms with Crippen LogP contribution in [0.1, 0.15) is 21.5 Å². The van der Waals surface area contributed by atoms with Gasteiger partial charge in [0.25, 0.3) is 0 Å². The number of piperazine rings is 1. The second-order valence-corrected chi connectivity index (χ2v) is 5.17. The maximum atomic E-state index is 12.1. The lowest BCUT2D eigenvalue weighted by atomic mass is 10.0. The Morgan fingerprint density at radius 3 is 2.53 bits per heavy atom. The number of hydrogen-bond acceptors (Lipinski definition) is 3. The first-order valence-corrected chi connectivity index (χ1v) is 6.63. The largest absolute Gasteiger partial charge is 0.330 e. The summed E-state index contributed by atoms with van der Waals surface area (Å²) in [5, 5.41) is 0. The van der Waals surface area contributed by atoms with Gasteiger partial charge in [-0.2, -0.15) is 0 Å². The number of carbonyl (C=O) groups excluding carboxylic acids is 1. The van der Waals surface area contributed by atoms with Crippen LogP contribution < -0.4 is 0 Å². The minimum atomic E-state index is -0.0832. The molecule has 0 N–H and O–H groups in total. The van der Waals surface area contributed by atoms with E-state index in [1.807, 2.05) is 36.9 Å². The number of rotatable bonds is 1. The molecule has 0 spiro atoms. The lowest BCUT2D eigenvalue weighted by molar-refractivity contribution is 0.105. The van der Waals surface area contributed by atoms with Crippen LogP contribution in [0.4, 0.5) is 0 Å². The third-order valence-electron chi connectivity index (χ3n) is 3.47. The third-order valence-corrected chi connectivity index (χ3v) is 3.47. The molecule has 0 unspecified atom stereocenters. The summed E-state index contributed by atoms with van der Waals surface area (Å²) in [6, 6.07) is 8.89. The Labute approximate surface area is 115 Å². The molecule has 1 aliphatic heterocycles. The molecule has 0 aliphatic carbocycles. The fraction of sp³-hybridized carbons (Fsp3) is 0.438. The van der Waals surface area contributed by atoms with E-state index >= 15 is 0 Å². The molecule has 0 radical (unpaired) electrons. The zero-order valence-electron chi connectivity index (χ0n) is 11.9. The standard InChI is InChI=1S/C16H20N2O/c1-13-4-5-14(2)15(12-13)16(19)6-7-18-10-8-17(3)9-11-18/h4-5,12H,8-11H2,1-3H3. The van der Waals surface area contributed by atoms with Gasteiger partial charge in [-0.3, -0.25) is 4.79 Å². The van der Waals surface area contributed by atoms with Crippen molar-refractivity contribution in [2.75, 3.05) is 33.2 Å². The van der Waals surface area contributed by atoms with Gasteiger partial charge in [0, 0.05) is 37.8 Å². The average Bonchev–Trinajstić information content (AvgIpc) is 2.40. The molecule has 1 aromatic carbocycles. The zero-order chi connectivity index (χ0) is 13.8. The number of benzene rings is 1. The summed E-state index contributed by atoms with van der Waals surface area (Å²) in [5.74, 6) is 2.69. The minimum Gasteiger partial charge on any atom is -0.330 e. The summed E-state index contributed by atoms with van der Waals surface area (Å²) in [7, 11) is 2.10. The fourth-order valence-corrected chi connectivity index (χ4v) is 2.10. The Bertz CT molecular complexity index is 531.